The molecule has 2 aromatic heterocycles. The minimum absolute atomic E-state index is 0.0193. The molecule has 0 spiro atoms. The minimum atomic E-state index is -0.440. The highest BCUT2D eigenvalue weighted by atomic mass is 32.1. The van der Waals surface area contributed by atoms with E-state index in [4.69, 9.17) is 13.9 Å². The Morgan fingerprint density at radius 3 is 2.65 bits per heavy atom. The van der Waals surface area contributed by atoms with Gasteiger partial charge in [0.1, 0.15) is 18.1 Å². The first-order chi connectivity index (χ1) is 16.5. The van der Waals surface area contributed by atoms with Crippen molar-refractivity contribution in [1.29, 1.82) is 0 Å². The number of rotatable bonds is 6. The van der Waals surface area contributed by atoms with E-state index in [-0.39, 0.29) is 18.3 Å². The highest BCUT2D eigenvalue weighted by molar-refractivity contribution is 7.10. The van der Waals surface area contributed by atoms with Crippen LogP contribution in [0.1, 0.15) is 47.8 Å². The molecular weight excluding hydrogens is 450 g/mol. The van der Waals surface area contributed by atoms with E-state index < -0.39 is 11.9 Å². The largest absolute Gasteiger partial charge is 0.497 e. The maximum absolute atomic E-state index is 13.4. The molecule has 6 nitrogen and oxygen atoms in total. The van der Waals surface area contributed by atoms with Crippen LogP contribution in [0.3, 0.4) is 0 Å². The van der Waals surface area contributed by atoms with Gasteiger partial charge in [0, 0.05) is 34.2 Å². The Bertz CT molecular complexity index is 1250. The maximum Gasteiger partial charge on any atom is 0.337 e. The van der Waals surface area contributed by atoms with Crippen LogP contribution >= 0.6 is 11.3 Å². The number of hydrogen-bond donors (Lipinski definition) is 1. The summed E-state index contributed by atoms with van der Waals surface area (Å²) in [6.45, 7) is 2.01. The van der Waals surface area contributed by atoms with E-state index in [1.165, 1.54) is 11.3 Å². The number of dihydropyridines is 1. The molecule has 1 aliphatic heterocycles. The molecule has 2 atom stereocenters. The fourth-order valence-electron chi connectivity index (χ4n) is 4.72. The number of ether oxygens (including phenoxy) is 2. The summed E-state index contributed by atoms with van der Waals surface area (Å²) in [5.74, 6) is 0.693. The third-order valence-corrected chi connectivity index (χ3v) is 7.29. The van der Waals surface area contributed by atoms with Gasteiger partial charge in [0.15, 0.2) is 5.78 Å². The van der Waals surface area contributed by atoms with E-state index in [0.717, 1.165) is 27.6 Å². The van der Waals surface area contributed by atoms with E-state index in [2.05, 4.69) is 5.32 Å². The zero-order valence-corrected chi connectivity index (χ0v) is 19.8. The smallest absolute Gasteiger partial charge is 0.337 e. The highest BCUT2D eigenvalue weighted by Crippen LogP contribution is 2.46. The normalized spacial score (nSPS) is 20.1. The van der Waals surface area contributed by atoms with Crippen LogP contribution in [0.15, 0.2) is 87.1 Å². The van der Waals surface area contributed by atoms with E-state index >= 15 is 0 Å². The number of nitrogens with one attached hydrogen (secondary N) is 1. The molecule has 1 aliphatic carbocycles. The summed E-state index contributed by atoms with van der Waals surface area (Å²) in [5.41, 5.74) is 3.58. The molecule has 5 rings (SSSR count). The molecule has 0 radical (unpaired) electrons. The Hall–Kier alpha value is -3.58. The molecule has 1 aromatic carbocycles. The Labute approximate surface area is 201 Å². The second-order valence-corrected chi connectivity index (χ2v) is 9.45. The quantitative estimate of drug-likeness (QED) is 0.478. The lowest BCUT2D eigenvalue weighted by Gasteiger charge is -2.35. The minimum Gasteiger partial charge on any atom is -0.497 e. The maximum atomic E-state index is 13.4. The van der Waals surface area contributed by atoms with Crippen LogP contribution in [0.25, 0.3) is 0 Å². The first-order valence-corrected chi connectivity index (χ1v) is 12.0. The van der Waals surface area contributed by atoms with Crippen molar-refractivity contribution in [1.82, 2.24) is 5.32 Å². The lowest BCUT2D eigenvalue weighted by atomic mass is 9.74. The first-order valence-electron chi connectivity index (χ1n) is 11.2. The van der Waals surface area contributed by atoms with Gasteiger partial charge in [0.05, 0.1) is 24.9 Å². The van der Waals surface area contributed by atoms with Crippen LogP contribution in [0.2, 0.25) is 0 Å². The van der Waals surface area contributed by atoms with Crippen LogP contribution in [0, 0.1) is 0 Å². The Kier molecular flexibility index (Phi) is 6.11. The van der Waals surface area contributed by atoms with E-state index in [1.54, 1.807) is 13.4 Å². The average Bonchev–Trinajstić information content (AvgIpc) is 3.56. The van der Waals surface area contributed by atoms with Gasteiger partial charge in [-0.1, -0.05) is 18.2 Å². The van der Waals surface area contributed by atoms with Crippen LogP contribution in [-0.4, -0.2) is 18.9 Å². The lowest BCUT2D eigenvalue weighted by molar-refractivity contribution is -0.140. The third-order valence-electron chi connectivity index (χ3n) is 6.35. The van der Waals surface area contributed by atoms with Crippen molar-refractivity contribution < 1.29 is 23.5 Å². The molecule has 0 saturated heterocycles. The number of thiophene rings is 1. The zero-order valence-electron chi connectivity index (χ0n) is 19.0. The summed E-state index contributed by atoms with van der Waals surface area (Å²) in [7, 11) is 1.61. The molecule has 2 aliphatic rings. The number of furan rings is 1. The molecule has 0 unspecified atom stereocenters. The first kappa shape index (κ1) is 22.2. The number of allylic oxidation sites excluding steroid dienone is 3. The van der Waals surface area contributed by atoms with Gasteiger partial charge < -0.3 is 19.2 Å². The van der Waals surface area contributed by atoms with Crippen LogP contribution in [-0.2, 0) is 20.9 Å². The molecule has 0 amide bonds. The van der Waals surface area contributed by atoms with Crippen molar-refractivity contribution in [3.05, 3.63) is 98.9 Å². The predicted molar refractivity (Wildman–Crippen MR) is 128 cm³/mol. The molecule has 174 valence electrons. The Balaban J connectivity index is 1.43. The van der Waals surface area contributed by atoms with Gasteiger partial charge in [-0.05, 0) is 54.6 Å². The van der Waals surface area contributed by atoms with Crippen molar-refractivity contribution in [3.8, 4) is 5.75 Å². The summed E-state index contributed by atoms with van der Waals surface area (Å²) in [4.78, 5) is 27.7. The second-order valence-electron chi connectivity index (χ2n) is 8.47. The average molecular weight is 476 g/mol. The second kappa shape index (κ2) is 9.35. The number of methoxy groups -OCH3 is 1. The molecular formula is C27H25NO5S. The van der Waals surface area contributed by atoms with Crippen molar-refractivity contribution in [2.75, 3.05) is 7.11 Å². The molecule has 7 heteroatoms. The van der Waals surface area contributed by atoms with Gasteiger partial charge in [-0.2, -0.15) is 0 Å². The summed E-state index contributed by atoms with van der Waals surface area (Å²) in [6, 6.07) is 15.1. The number of hydrogen-bond acceptors (Lipinski definition) is 7. The lowest BCUT2D eigenvalue weighted by Crippen LogP contribution is -2.35. The zero-order chi connectivity index (χ0) is 23.7. The summed E-state index contributed by atoms with van der Waals surface area (Å²) >= 11 is 1.54. The van der Waals surface area contributed by atoms with Gasteiger partial charge in [0.25, 0.3) is 0 Å². The number of ketones is 1. The Morgan fingerprint density at radius 2 is 1.97 bits per heavy atom. The number of carbonyl (C=O) groups is 2. The molecule has 0 saturated carbocycles. The van der Waals surface area contributed by atoms with Crippen molar-refractivity contribution in [2.24, 2.45) is 0 Å². The molecule has 3 aromatic rings. The Morgan fingerprint density at radius 1 is 1.15 bits per heavy atom. The van der Waals surface area contributed by atoms with Crippen molar-refractivity contribution >= 4 is 23.1 Å². The molecule has 0 fully saturated rings. The number of esters is 1. The van der Waals surface area contributed by atoms with Gasteiger partial charge in [-0.3, -0.25) is 4.79 Å². The van der Waals surface area contributed by atoms with Crippen molar-refractivity contribution in [3.63, 3.8) is 0 Å². The topological polar surface area (TPSA) is 77.8 Å². The number of benzene rings is 1. The van der Waals surface area contributed by atoms with Crippen LogP contribution in [0.5, 0.6) is 5.75 Å². The van der Waals surface area contributed by atoms with Gasteiger partial charge >= 0.3 is 5.97 Å². The monoisotopic (exact) mass is 475 g/mol. The van der Waals surface area contributed by atoms with Crippen LogP contribution < -0.4 is 10.1 Å². The van der Waals surface area contributed by atoms with Crippen molar-refractivity contribution in [2.45, 2.75) is 38.2 Å². The number of Topliss-reactive ketones (excluding diaryl/α,β-unsaturated/α-hetero) is 1. The molecule has 3 heterocycles. The standard InChI is InChI=1S/C27H25NO5S/c1-16-24(27(30)33-15-17-7-9-19(31-2)10-8-17)26(23-6-4-12-34-23)25-20(28-16)13-18(14-21(25)29)22-5-3-11-32-22/h3-12,18,26,28H,13-15H2,1-2H3/t18-,26+/m1/s1. The van der Waals surface area contributed by atoms with Gasteiger partial charge in [0.2, 0.25) is 0 Å². The predicted octanol–water partition coefficient (Wildman–Crippen LogP) is 5.45. The van der Waals surface area contributed by atoms with Gasteiger partial charge in [-0.25, -0.2) is 4.79 Å². The van der Waals surface area contributed by atoms with Gasteiger partial charge in [-0.15, -0.1) is 11.3 Å². The summed E-state index contributed by atoms with van der Waals surface area (Å²) in [5, 5.41) is 5.33. The summed E-state index contributed by atoms with van der Waals surface area (Å²) in [6.07, 6.45) is 2.64. The van der Waals surface area contributed by atoms with E-state index in [9.17, 15) is 9.59 Å². The molecule has 0 bridgehead atoms. The SMILES string of the molecule is COc1ccc(COC(=O)C2=C(C)NC3=C(C(=O)C[C@H](c4ccco4)C3)[C@H]2c2cccs2)cc1. The fraction of sp³-hybridized carbons (Fsp3) is 0.259. The molecule has 34 heavy (non-hydrogen) atoms. The number of carbonyl (C=O) groups excluding carboxylic acids is 2. The van der Waals surface area contributed by atoms with E-state index in [1.807, 2.05) is 60.8 Å². The molecule has 1 N–H and O–H groups in total. The summed E-state index contributed by atoms with van der Waals surface area (Å²) < 4.78 is 16.5. The van der Waals surface area contributed by atoms with E-state index in [0.29, 0.717) is 29.7 Å². The van der Waals surface area contributed by atoms with Crippen LogP contribution in [0.4, 0.5) is 0 Å². The fourth-order valence-corrected chi connectivity index (χ4v) is 5.57. The highest BCUT2D eigenvalue weighted by Gasteiger charge is 2.42. The third kappa shape index (κ3) is 4.19.